The first kappa shape index (κ1) is 18.3. The highest BCUT2D eigenvalue weighted by molar-refractivity contribution is 5.83. The molecule has 2 atom stereocenters. The predicted octanol–water partition coefficient (Wildman–Crippen LogP) is 7.03. The van der Waals surface area contributed by atoms with E-state index in [-0.39, 0.29) is 6.04 Å². The summed E-state index contributed by atoms with van der Waals surface area (Å²) in [4.78, 5) is 0. The fourth-order valence-electron chi connectivity index (χ4n) is 3.43. The molecule has 0 radical (unpaired) electrons. The van der Waals surface area contributed by atoms with Gasteiger partial charge in [0.2, 0.25) is 5.72 Å². The molecule has 0 aromatic heterocycles. The number of methoxy groups -OCH3 is 1. The Labute approximate surface area is 165 Å². The first-order valence-electron chi connectivity index (χ1n) is 9.54. The lowest BCUT2D eigenvalue weighted by Crippen LogP contribution is -2.21. The van der Waals surface area contributed by atoms with E-state index in [1.54, 1.807) is 7.11 Å². The molecule has 2 unspecified atom stereocenters. The SMILES string of the molecule is COC(C)(N=NC(C)c1ccc2ccccc2c1)c1ccc2ccccc2c1. The molecule has 0 spiro atoms. The normalized spacial score (nSPS) is 15.1. The molecule has 4 rings (SSSR count). The molecule has 0 fully saturated rings. The van der Waals surface area contributed by atoms with Crippen LogP contribution in [0, 0.1) is 0 Å². The molecule has 3 heteroatoms. The Balaban J connectivity index is 1.63. The minimum atomic E-state index is -0.824. The van der Waals surface area contributed by atoms with Crippen LogP contribution in [0.15, 0.2) is 95.2 Å². The van der Waals surface area contributed by atoms with Gasteiger partial charge in [0.05, 0.1) is 6.04 Å². The molecule has 28 heavy (non-hydrogen) atoms. The van der Waals surface area contributed by atoms with Crippen LogP contribution in [0.5, 0.6) is 0 Å². The van der Waals surface area contributed by atoms with Crippen LogP contribution in [0.25, 0.3) is 21.5 Å². The van der Waals surface area contributed by atoms with E-state index in [1.807, 2.05) is 19.1 Å². The van der Waals surface area contributed by atoms with Gasteiger partial charge >= 0.3 is 0 Å². The highest BCUT2D eigenvalue weighted by Crippen LogP contribution is 2.31. The highest BCUT2D eigenvalue weighted by atomic mass is 16.5. The van der Waals surface area contributed by atoms with Crippen LogP contribution in [0.1, 0.15) is 31.0 Å². The van der Waals surface area contributed by atoms with Crippen molar-refractivity contribution in [2.24, 2.45) is 10.2 Å². The van der Waals surface area contributed by atoms with Gasteiger partial charge in [0.1, 0.15) is 0 Å². The average Bonchev–Trinajstić information content (AvgIpc) is 2.76. The number of azo groups is 1. The van der Waals surface area contributed by atoms with Gasteiger partial charge in [0.15, 0.2) is 0 Å². The summed E-state index contributed by atoms with van der Waals surface area (Å²) in [5.74, 6) is 0. The lowest BCUT2D eigenvalue weighted by atomic mass is 10.0. The number of fused-ring (bicyclic) bond motifs is 2. The Morgan fingerprint density at radius 1 is 0.750 bits per heavy atom. The first-order chi connectivity index (χ1) is 13.6. The second-order valence-electron chi connectivity index (χ2n) is 7.25. The molecular formula is C25H24N2O. The molecular weight excluding hydrogens is 344 g/mol. The minimum Gasteiger partial charge on any atom is -0.352 e. The summed E-state index contributed by atoms with van der Waals surface area (Å²) in [6, 6.07) is 29.3. The number of hydrogen-bond donors (Lipinski definition) is 0. The van der Waals surface area contributed by atoms with Crippen molar-refractivity contribution >= 4 is 21.5 Å². The van der Waals surface area contributed by atoms with E-state index in [1.165, 1.54) is 21.5 Å². The monoisotopic (exact) mass is 368 g/mol. The van der Waals surface area contributed by atoms with E-state index in [2.05, 4.69) is 89.9 Å². The molecule has 4 aromatic rings. The van der Waals surface area contributed by atoms with Gasteiger partial charge in [-0.15, -0.1) is 0 Å². The second kappa shape index (κ2) is 7.53. The Kier molecular flexibility index (Phi) is 4.93. The van der Waals surface area contributed by atoms with E-state index >= 15 is 0 Å². The summed E-state index contributed by atoms with van der Waals surface area (Å²) in [7, 11) is 1.68. The predicted molar refractivity (Wildman–Crippen MR) is 116 cm³/mol. The molecule has 0 aliphatic carbocycles. The largest absolute Gasteiger partial charge is 0.352 e. The van der Waals surface area contributed by atoms with Crippen LogP contribution in [0.4, 0.5) is 0 Å². The molecule has 0 amide bonds. The average molecular weight is 368 g/mol. The van der Waals surface area contributed by atoms with Crippen LogP contribution < -0.4 is 0 Å². The molecule has 4 aromatic carbocycles. The Bertz CT molecular complexity index is 1150. The van der Waals surface area contributed by atoms with Crippen molar-refractivity contribution in [1.29, 1.82) is 0 Å². The van der Waals surface area contributed by atoms with E-state index in [4.69, 9.17) is 4.74 Å². The van der Waals surface area contributed by atoms with Crippen LogP contribution in [-0.2, 0) is 10.5 Å². The van der Waals surface area contributed by atoms with Crippen LogP contribution in [0.3, 0.4) is 0 Å². The van der Waals surface area contributed by atoms with Gasteiger partial charge in [-0.2, -0.15) is 10.2 Å². The zero-order valence-corrected chi connectivity index (χ0v) is 16.5. The zero-order valence-electron chi connectivity index (χ0n) is 16.5. The molecule has 0 N–H and O–H groups in total. The van der Waals surface area contributed by atoms with Crippen molar-refractivity contribution in [3.8, 4) is 0 Å². The molecule has 0 bridgehead atoms. The Morgan fingerprint density at radius 2 is 1.32 bits per heavy atom. The second-order valence-corrected chi connectivity index (χ2v) is 7.25. The number of rotatable bonds is 5. The van der Waals surface area contributed by atoms with Crippen molar-refractivity contribution in [1.82, 2.24) is 0 Å². The third-order valence-electron chi connectivity index (χ3n) is 5.36. The molecule has 0 saturated carbocycles. The van der Waals surface area contributed by atoms with Crippen molar-refractivity contribution in [3.63, 3.8) is 0 Å². The van der Waals surface area contributed by atoms with Crippen molar-refractivity contribution in [2.45, 2.75) is 25.6 Å². The smallest absolute Gasteiger partial charge is 0.201 e. The zero-order chi connectivity index (χ0) is 19.6. The van der Waals surface area contributed by atoms with Crippen LogP contribution in [0.2, 0.25) is 0 Å². The topological polar surface area (TPSA) is 34.0 Å². The fourth-order valence-corrected chi connectivity index (χ4v) is 3.43. The lowest BCUT2D eigenvalue weighted by Gasteiger charge is -2.23. The molecule has 0 heterocycles. The van der Waals surface area contributed by atoms with Gasteiger partial charge in [-0.05, 0) is 53.1 Å². The number of nitrogens with zero attached hydrogens (tertiary/aromatic N) is 2. The fraction of sp³-hybridized carbons (Fsp3) is 0.200. The van der Waals surface area contributed by atoms with E-state index in [0.717, 1.165) is 11.1 Å². The minimum absolute atomic E-state index is 0.0560. The number of hydrogen-bond acceptors (Lipinski definition) is 3. The van der Waals surface area contributed by atoms with Gasteiger partial charge in [-0.1, -0.05) is 72.8 Å². The summed E-state index contributed by atoms with van der Waals surface area (Å²) < 4.78 is 5.77. The standard InChI is InChI=1S/C25H24N2O/c1-18(21-13-12-19-8-4-6-10-22(19)16-21)26-27-25(2,28-3)24-15-14-20-9-5-7-11-23(20)17-24/h4-18H,1-3H3. The van der Waals surface area contributed by atoms with Gasteiger partial charge in [0.25, 0.3) is 0 Å². The van der Waals surface area contributed by atoms with Crippen molar-refractivity contribution in [2.75, 3.05) is 7.11 Å². The molecule has 140 valence electrons. The molecule has 0 aliphatic heterocycles. The van der Waals surface area contributed by atoms with E-state index < -0.39 is 5.72 Å². The van der Waals surface area contributed by atoms with Gasteiger partial charge < -0.3 is 4.74 Å². The third-order valence-corrected chi connectivity index (χ3v) is 5.36. The molecule has 3 nitrogen and oxygen atoms in total. The van der Waals surface area contributed by atoms with Crippen molar-refractivity contribution < 1.29 is 4.74 Å². The van der Waals surface area contributed by atoms with Crippen LogP contribution >= 0.6 is 0 Å². The van der Waals surface area contributed by atoms with Gasteiger partial charge in [0, 0.05) is 12.7 Å². The third kappa shape index (κ3) is 3.54. The Hall–Kier alpha value is -3.04. The highest BCUT2D eigenvalue weighted by Gasteiger charge is 2.26. The van der Waals surface area contributed by atoms with Crippen molar-refractivity contribution in [3.05, 3.63) is 96.1 Å². The maximum absolute atomic E-state index is 5.77. The summed E-state index contributed by atoms with van der Waals surface area (Å²) in [5, 5.41) is 14.0. The number of benzene rings is 4. The molecule has 0 aliphatic rings. The summed E-state index contributed by atoms with van der Waals surface area (Å²) >= 11 is 0. The summed E-state index contributed by atoms with van der Waals surface area (Å²) in [5.41, 5.74) is 1.30. The quantitative estimate of drug-likeness (QED) is 0.348. The van der Waals surface area contributed by atoms with E-state index in [0.29, 0.717) is 0 Å². The van der Waals surface area contributed by atoms with Crippen LogP contribution in [-0.4, -0.2) is 7.11 Å². The van der Waals surface area contributed by atoms with Gasteiger partial charge in [-0.25, -0.2) is 0 Å². The maximum Gasteiger partial charge on any atom is 0.201 e. The van der Waals surface area contributed by atoms with E-state index in [9.17, 15) is 0 Å². The number of ether oxygens (including phenoxy) is 1. The summed E-state index contributed by atoms with van der Waals surface area (Å²) in [6.45, 7) is 4.01. The van der Waals surface area contributed by atoms with Gasteiger partial charge in [-0.3, -0.25) is 0 Å². The summed E-state index contributed by atoms with van der Waals surface area (Å²) in [6.07, 6.45) is 0. The Morgan fingerprint density at radius 3 is 1.96 bits per heavy atom. The molecule has 0 saturated heterocycles. The first-order valence-corrected chi connectivity index (χ1v) is 9.54. The lowest BCUT2D eigenvalue weighted by molar-refractivity contribution is 0.00229. The maximum atomic E-state index is 5.77.